The Kier molecular flexibility index (Phi) is 4.38. The van der Waals surface area contributed by atoms with E-state index in [1.807, 2.05) is 0 Å². The fourth-order valence-electron chi connectivity index (χ4n) is 0.811. The molecule has 0 atom stereocenters. The minimum absolute atomic E-state index is 0.882. The summed E-state index contributed by atoms with van der Waals surface area (Å²) < 4.78 is 3.96. The molecule has 0 saturated heterocycles. The van der Waals surface area contributed by atoms with Crippen LogP contribution in [0.25, 0.3) is 0 Å². The van der Waals surface area contributed by atoms with Crippen LogP contribution >= 0.6 is 67.8 Å². The Labute approximate surface area is 108 Å². The van der Waals surface area contributed by atoms with Crippen LogP contribution in [-0.2, 0) is 6.42 Å². The standard InChI is InChI=1S/C8H6I3/c1-2-6-7(10)3-5(9)4-8(6)11/h3-4H,1-2H2. The number of hydrogen-bond donors (Lipinski definition) is 0. The van der Waals surface area contributed by atoms with E-state index in [2.05, 4.69) is 86.8 Å². The summed E-state index contributed by atoms with van der Waals surface area (Å²) in [5, 5.41) is 0. The second-order valence-corrected chi connectivity index (χ2v) is 5.67. The van der Waals surface area contributed by atoms with Crippen LogP contribution in [0.5, 0.6) is 0 Å². The molecule has 0 aliphatic carbocycles. The Morgan fingerprint density at radius 3 is 1.91 bits per heavy atom. The van der Waals surface area contributed by atoms with Crippen LogP contribution in [0, 0.1) is 17.6 Å². The molecular weight excluding hydrogens is 477 g/mol. The molecule has 0 N–H and O–H groups in total. The van der Waals surface area contributed by atoms with Crippen LogP contribution in [0.3, 0.4) is 0 Å². The maximum Gasteiger partial charge on any atom is 0.0183 e. The first-order valence-electron chi connectivity index (χ1n) is 3.08. The fourth-order valence-corrected chi connectivity index (χ4v) is 4.93. The molecule has 0 unspecified atom stereocenters. The summed E-state index contributed by atoms with van der Waals surface area (Å²) in [5.74, 6) is 0. The zero-order valence-electron chi connectivity index (χ0n) is 5.70. The van der Waals surface area contributed by atoms with Gasteiger partial charge in [-0.05, 0) is 98.8 Å². The maximum absolute atomic E-state index is 3.90. The van der Waals surface area contributed by atoms with E-state index >= 15 is 0 Å². The average molecular weight is 483 g/mol. The molecule has 0 amide bonds. The Balaban J connectivity index is 3.25. The lowest BCUT2D eigenvalue weighted by Gasteiger charge is -2.04. The molecule has 0 nitrogen and oxygen atoms in total. The van der Waals surface area contributed by atoms with Gasteiger partial charge in [-0.25, -0.2) is 0 Å². The fraction of sp³-hybridized carbons (Fsp3) is 0.125. The van der Waals surface area contributed by atoms with Crippen LogP contribution in [0.1, 0.15) is 5.56 Å². The van der Waals surface area contributed by atoms with Gasteiger partial charge in [-0.2, -0.15) is 0 Å². The van der Waals surface area contributed by atoms with E-state index in [0.29, 0.717) is 0 Å². The van der Waals surface area contributed by atoms with E-state index in [4.69, 9.17) is 0 Å². The molecule has 3 heteroatoms. The molecule has 0 aromatic heterocycles. The van der Waals surface area contributed by atoms with Gasteiger partial charge in [0.1, 0.15) is 0 Å². The monoisotopic (exact) mass is 483 g/mol. The molecule has 1 radical (unpaired) electrons. The normalized spacial score (nSPS) is 10.2. The summed E-state index contributed by atoms with van der Waals surface area (Å²) in [6, 6.07) is 4.37. The predicted octanol–water partition coefficient (Wildman–Crippen LogP) is 3.88. The molecule has 0 saturated carbocycles. The lowest BCUT2D eigenvalue weighted by Crippen LogP contribution is -1.91. The molecule has 1 aromatic carbocycles. The van der Waals surface area contributed by atoms with Crippen molar-refractivity contribution in [2.75, 3.05) is 0 Å². The molecule has 0 fully saturated rings. The van der Waals surface area contributed by atoms with E-state index in [0.717, 1.165) is 6.42 Å². The zero-order valence-corrected chi connectivity index (χ0v) is 12.2. The van der Waals surface area contributed by atoms with E-state index in [1.165, 1.54) is 16.3 Å². The van der Waals surface area contributed by atoms with Gasteiger partial charge in [0.05, 0.1) is 0 Å². The van der Waals surface area contributed by atoms with Crippen molar-refractivity contribution in [3.8, 4) is 0 Å². The van der Waals surface area contributed by atoms with Crippen LogP contribution in [0.2, 0.25) is 0 Å². The van der Waals surface area contributed by atoms with Gasteiger partial charge in [0.25, 0.3) is 0 Å². The van der Waals surface area contributed by atoms with Gasteiger partial charge in [0.15, 0.2) is 0 Å². The smallest absolute Gasteiger partial charge is 0.0183 e. The highest BCUT2D eigenvalue weighted by Crippen LogP contribution is 2.22. The molecule has 0 heterocycles. The Morgan fingerprint density at radius 1 is 1.09 bits per heavy atom. The lowest BCUT2D eigenvalue weighted by molar-refractivity contribution is 1.22. The van der Waals surface area contributed by atoms with Crippen molar-refractivity contribution >= 4 is 67.8 Å². The van der Waals surface area contributed by atoms with Crippen LogP contribution in [-0.4, -0.2) is 0 Å². The Hall–Kier alpha value is 1.41. The first-order valence-corrected chi connectivity index (χ1v) is 6.31. The molecular formula is C8H6I3. The molecule has 1 rings (SSSR count). The molecule has 59 valence electrons. The molecule has 1 aromatic rings. The third kappa shape index (κ3) is 2.68. The van der Waals surface area contributed by atoms with Gasteiger partial charge in [-0.15, -0.1) is 0 Å². The highest BCUT2D eigenvalue weighted by Gasteiger charge is 2.03. The van der Waals surface area contributed by atoms with E-state index < -0.39 is 0 Å². The summed E-state index contributed by atoms with van der Waals surface area (Å²) in [7, 11) is 0. The van der Waals surface area contributed by atoms with Crippen molar-refractivity contribution in [2.45, 2.75) is 6.42 Å². The van der Waals surface area contributed by atoms with Crippen molar-refractivity contribution in [3.63, 3.8) is 0 Å². The van der Waals surface area contributed by atoms with E-state index in [9.17, 15) is 0 Å². The van der Waals surface area contributed by atoms with Gasteiger partial charge in [-0.1, -0.05) is 0 Å². The summed E-state index contributed by atoms with van der Waals surface area (Å²) in [5.41, 5.74) is 1.37. The minimum Gasteiger partial charge on any atom is -0.0488 e. The number of rotatable bonds is 1. The molecule has 0 spiro atoms. The molecule has 0 aliphatic heterocycles. The van der Waals surface area contributed by atoms with Gasteiger partial charge >= 0.3 is 0 Å². The van der Waals surface area contributed by atoms with Crippen molar-refractivity contribution in [3.05, 3.63) is 35.3 Å². The van der Waals surface area contributed by atoms with Crippen molar-refractivity contribution in [2.24, 2.45) is 0 Å². The van der Waals surface area contributed by atoms with E-state index in [1.54, 1.807) is 0 Å². The largest absolute Gasteiger partial charge is 0.0488 e. The summed E-state index contributed by atoms with van der Waals surface area (Å²) >= 11 is 7.06. The SMILES string of the molecule is [CH2]Cc1c(I)cc(I)cc1I. The summed E-state index contributed by atoms with van der Waals surface area (Å²) in [4.78, 5) is 0. The van der Waals surface area contributed by atoms with Gasteiger partial charge < -0.3 is 0 Å². The Morgan fingerprint density at radius 2 is 1.55 bits per heavy atom. The van der Waals surface area contributed by atoms with Gasteiger partial charge in [0, 0.05) is 10.7 Å². The zero-order chi connectivity index (χ0) is 8.43. The Bertz CT molecular complexity index is 245. The second kappa shape index (κ2) is 4.59. The molecule has 11 heavy (non-hydrogen) atoms. The van der Waals surface area contributed by atoms with Crippen molar-refractivity contribution < 1.29 is 0 Å². The number of halogens is 3. The second-order valence-electron chi connectivity index (χ2n) is 2.10. The first-order chi connectivity index (χ1) is 5.15. The predicted molar refractivity (Wildman–Crippen MR) is 73.7 cm³/mol. The van der Waals surface area contributed by atoms with Gasteiger partial charge in [0.2, 0.25) is 0 Å². The maximum atomic E-state index is 3.90. The van der Waals surface area contributed by atoms with Crippen molar-refractivity contribution in [1.82, 2.24) is 0 Å². The molecule has 0 bridgehead atoms. The van der Waals surface area contributed by atoms with Crippen molar-refractivity contribution in [1.29, 1.82) is 0 Å². The molecule has 0 aliphatic rings. The third-order valence-electron chi connectivity index (χ3n) is 1.36. The minimum atomic E-state index is 0.882. The highest BCUT2D eigenvalue weighted by atomic mass is 127. The van der Waals surface area contributed by atoms with Gasteiger partial charge in [-0.3, -0.25) is 0 Å². The van der Waals surface area contributed by atoms with E-state index in [-0.39, 0.29) is 0 Å². The number of hydrogen-bond acceptors (Lipinski definition) is 0. The average Bonchev–Trinajstić information content (AvgIpc) is 1.85. The van der Waals surface area contributed by atoms with Crippen LogP contribution < -0.4 is 0 Å². The quantitative estimate of drug-likeness (QED) is 0.533. The van der Waals surface area contributed by atoms with Crippen LogP contribution in [0.15, 0.2) is 12.1 Å². The highest BCUT2D eigenvalue weighted by molar-refractivity contribution is 14.1. The topological polar surface area (TPSA) is 0 Å². The number of benzene rings is 1. The van der Waals surface area contributed by atoms with Crippen LogP contribution in [0.4, 0.5) is 0 Å². The summed E-state index contributed by atoms with van der Waals surface area (Å²) in [6.45, 7) is 3.90. The third-order valence-corrected chi connectivity index (χ3v) is 3.90. The lowest BCUT2D eigenvalue weighted by atomic mass is 10.2. The first kappa shape index (κ1) is 10.5. The summed E-state index contributed by atoms with van der Waals surface area (Å²) in [6.07, 6.45) is 0.882.